The first-order chi connectivity index (χ1) is 10.2. The summed E-state index contributed by atoms with van der Waals surface area (Å²) in [4.78, 5) is 16.4. The smallest absolute Gasteiger partial charge is 0.270 e. The first kappa shape index (κ1) is 14.3. The molecule has 1 saturated heterocycles. The highest BCUT2D eigenvalue weighted by Gasteiger charge is 2.16. The largest absolute Gasteiger partial charge is 0.459 e. The molecule has 1 aliphatic heterocycles. The van der Waals surface area contributed by atoms with Crippen molar-refractivity contribution < 1.29 is 9.21 Å². The van der Waals surface area contributed by atoms with Crippen molar-refractivity contribution in [3.8, 4) is 10.8 Å². The van der Waals surface area contributed by atoms with E-state index in [2.05, 4.69) is 15.6 Å². The van der Waals surface area contributed by atoms with Crippen LogP contribution in [0.5, 0.6) is 0 Å². The molecule has 0 spiro atoms. The number of furan rings is 1. The molecule has 3 rings (SSSR count). The molecule has 6 heteroatoms. The molecule has 5 nitrogen and oxygen atoms in total. The molecule has 1 atom stereocenters. The Kier molecular flexibility index (Phi) is 4.36. The summed E-state index contributed by atoms with van der Waals surface area (Å²) in [5, 5.41) is 8.80. The van der Waals surface area contributed by atoms with E-state index >= 15 is 0 Å². The third-order valence-corrected chi connectivity index (χ3v) is 4.55. The van der Waals surface area contributed by atoms with Gasteiger partial charge in [-0.3, -0.25) is 4.79 Å². The number of thiazole rings is 1. The molecule has 0 radical (unpaired) electrons. The maximum absolute atomic E-state index is 12.1. The van der Waals surface area contributed by atoms with Crippen molar-refractivity contribution in [1.29, 1.82) is 0 Å². The second-order valence-electron chi connectivity index (χ2n) is 5.35. The number of nitrogens with one attached hydrogen (secondary N) is 2. The van der Waals surface area contributed by atoms with Crippen LogP contribution >= 0.6 is 11.3 Å². The normalized spacial score (nSPS) is 18.0. The Bertz CT molecular complexity index is 614. The number of hydrogen-bond acceptors (Lipinski definition) is 5. The zero-order valence-electron chi connectivity index (χ0n) is 12.0. The van der Waals surface area contributed by atoms with Gasteiger partial charge in [-0.1, -0.05) is 0 Å². The highest BCUT2D eigenvalue weighted by Crippen LogP contribution is 2.25. The van der Waals surface area contributed by atoms with E-state index in [4.69, 9.17) is 4.42 Å². The summed E-state index contributed by atoms with van der Waals surface area (Å²) in [5.41, 5.74) is 0.466. The molecule has 21 heavy (non-hydrogen) atoms. The van der Waals surface area contributed by atoms with Crippen molar-refractivity contribution in [3.05, 3.63) is 29.0 Å². The molecular weight excluding hydrogens is 286 g/mol. The minimum atomic E-state index is -0.105. The van der Waals surface area contributed by atoms with Gasteiger partial charge in [0.15, 0.2) is 10.8 Å². The van der Waals surface area contributed by atoms with Gasteiger partial charge in [0.25, 0.3) is 5.91 Å². The Morgan fingerprint density at radius 3 is 3.19 bits per heavy atom. The summed E-state index contributed by atoms with van der Waals surface area (Å²) in [7, 11) is 0. The van der Waals surface area contributed by atoms with Gasteiger partial charge < -0.3 is 15.1 Å². The average Bonchev–Trinajstić information content (AvgIpc) is 3.19. The number of carbonyl (C=O) groups excluding carboxylic acids is 1. The summed E-state index contributed by atoms with van der Waals surface area (Å²) in [5.74, 6) is 2.14. The van der Waals surface area contributed by atoms with Crippen LogP contribution < -0.4 is 10.6 Å². The Hall–Kier alpha value is -1.66. The number of amides is 1. The molecule has 0 aromatic carbocycles. The van der Waals surface area contributed by atoms with Crippen LogP contribution in [0.15, 0.2) is 21.9 Å². The van der Waals surface area contributed by atoms with Crippen LogP contribution in [0.25, 0.3) is 10.8 Å². The highest BCUT2D eigenvalue weighted by atomic mass is 32.1. The molecule has 1 aliphatic rings. The molecule has 112 valence electrons. The zero-order valence-corrected chi connectivity index (χ0v) is 12.8. The van der Waals surface area contributed by atoms with Crippen LogP contribution in [-0.2, 0) is 0 Å². The number of rotatable bonds is 5. The van der Waals surface area contributed by atoms with Gasteiger partial charge in [-0.15, -0.1) is 11.3 Å². The molecule has 2 aromatic heterocycles. The minimum absolute atomic E-state index is 0.105. The molecule has 1 unspecified atom stereocenters. The van der Waals surface area contributed by atoms with Crippen molar-refractivity contribution >= 4 is 17.2 Å². The van der Waals surface area contributed by atoms with Crippen LogP contribution in [0.4, 0.5) is 0 Å². The molecular formula is C15H19N3O2S. The SMILES string of the molecule is Cc1ccc(-c2nc(C(=O)NCCC3CCNC3)cs2)o1. The number of hydrogen-bond donors (Lipinski definition) is 2. The molecule has 2 aromatic rings. The van der Waals surface area contributed by atoms with Crippen molar-refractivity contribution in [2.45, 2.75) is 19.8 Å². The van der Waals surface area contributed by atoms with Gasteiger partial charge in [0.05, 0.1) is 0 Å². The third kappa shape index (κ3) is 3.51. The van der Waals surface area contributed by atoms with Crippen LogP contribution in [0.2, 0.25) is 0 Å². The second kappa shape index (κ2) is 6.41. The van der Waals surface area contributed by atoms with Crippen LogP contribution in [0.3, 0.4) is 0 Å². The lowest BCUT2D eigenvalue weighted by Gasteiger charge is -2.08. The Labute approximate surface area is 127 Å². The van der Waals surface area contributed by atoms with Gasteiger partial charge in [0, 0.05) is 11.9 Å². The summed E-state index contributed by atoms with van der Waals surface area (Å²) >= 11 is 1.43. The Balaban J connectivity index is 1.54. The maximum atomic E-state index is 12.1. The van der Waals surface area contributed by atoms with E-state index < -0.39 is 0 Å². The fourth-order valence-corrected chi connectivity index (χ4v) is 3.24. The molecule has 0 bridgehead atoms. The van der Waals surface area contributed by atoms with Gasteiger partial charge in [0.2, 0.25) is 0 Å². The highest BCUT2D eigenvalue weighted by molar-refractivity contribution is 7.13. The van der Waals surface area contributed by atoms with Crippen molar-refractivity contribution in [2.24, 2.45) is 5.92 Å². The van der Waals surface area contributed by atoms with Crippen molar-refractivity contribution in [3.63, 3.8) is 0 Å². The second-order valence-corrected chi connectivity index (χ2v) is 6.21. The summed E-state index contributed by atoms with van der Waals surface area (Å²) in [6, 6.07) is 3.77. The van der Waals surface area contributed by atoms with Gasteiger partial charge in [-0.25, -0.2) is 4.98 Å². The van der Waals surface area contributed by atoms with E-state index in [-0.39, 0.29) is 5.91 Å². The first-order valence-electron chi connectivity index (χ1n) is 7.23. The quantitative estimate of drug-likeness (QED) is 0.890. The Morgan fingerprint density at radius 1 is 1.57 bits per heavy atom. The molecule has 0 aliphatic carbocycles. The van der Waals surface area contributed by atoms with E-state index in [0.717, 1.165) is 30.3 Å². The number of aromatic nitrogens is 1. The summed E-state index contributed by atoms with van der Waals surface area (Å²) < 4.78 is 5.52. The standard InChI is InChI=1S/C15H19N3O2S/c1-10-2-3-13(20-10)15-18-12(9-21-15)14(19)17-7-5-11-4-6-16-8-11/h2-3,9,11,16H,4-8H2,1H3,(H,17,19). The number of aryl methyl sites for hydroxylation is 1. The molecule has 1 fully saturated rings. The van der Waals surface area contributed by atoms with E-state index in [0.29, 0.717) is 23.9 Å². The van der Waals surface area contributed by atoms with Crippen LogP contribution in [0.1, 0.15) is 29.1 Å². The lowest BCUT2D eigenvalue weighted by atomic mass is 10.1. The number of carbonyl (C=O) groups is 1. The van der Waals surface area contributed by atoms with Gasteiger partial charge in [0.1, 0.15) is 11.5 Å². The third-order valence-electron chi connectivity index (χ3n) is 3.69. The predicted octanol–water partition coefficient (Wildman–Crippen LogP) is 2.44. The van der Waals surface area contributed by atoms with E-state index in [1.54, 1.807) is 5.38 Å². The van der Waals surface area contributed by atoms with E-state index in [1.807, 2.05) is 19.1 Å². The van der Waals surface area contributed by atoms with E-state index in [9.17, 15) is 4.79 Å². The van der Waals surface area contributed by atoms with Crippen molar-refractivity contribution in [2.75, 3.05) is 19.6 Å². The molecule has 1 amide bonds. The lowest BCUT2D eigenvalue weighted by Crippen LogP contribution is -2.26. The monoisotopic (exact) mass is 305 g/mol. The van der Waals surface area contributed by atoms with E-state index in [1.165, 1.54) is 17.8 Å². The van der Waals surface area contributed by atoms with Gasteiger partial charge in [-0.2, -0.15) is 0 Å². The predicted molar refractivity (Wildman–Crippen MR) is 82.5 cm³/mol. The van der Waals surface area contributed by atoms with Crippen molar-refractivity contribution in [1.82, 2.24) is 15.6 Å². The summed E-state index contributed by atoms with van der Waals surface area (Å²) in [6.45, 7) is 4.76. The fraction of sp³-hybridized carbons (Fsp3) is 0.467. The van der Waals surface area contributed by atoms with Crippen LogP contribution in [0, 0.1) is 12.8 Å². The first-order valence-corrected chi connectivity index (χ1v) is 8.11. The topological polar surface area (TPSA) is 67.2 Å². The summed E-state index contributed by atoms with van der Waals surface area (Å²) in [6.07, 6.45) is 2.22. The molecule has 2 N–H and O–H groups in total. The Morgan fingerprint density at radius 2 is 2.48 bits per heavy atom. The lowest BCUT2D eigenvalue weighted by molar-refractivity contribution is 0.0947. The van der Waals surface area contributed by atoms with Crippen LogP contribution in [-0.4, -0.2) is 30.5 Å². The fourth-order valence-electron chi connectivity index (χ4n) is 2.48. The van der Waals surface area contributed by atoms with Gasteiger partial charge in [-0.05, 0) is 50.9 Å². The molecule has 3 heterocycles. The minimum Gasteiger partial charge on any atom is -0.459 e. The average molecular weight is 305 g/mol. The number of nitrogens with zero attached hydrogens (tertiary/aromatic N) is 1. The van der Waals surface area contributed by atoms with Gasteiger partial charge >= 0.3 is 0 Å². The molecule has 0 saturated carbocycles. The zero-order chi connectivity index (χ0) is 14.7. The maximum Gasteiger partial charge on any atom is 0.270 e.